The second kappa shape index (κ2) is 6.93. The molecule has 2 aromatic carbocycles. The molecule has 2 N–H and O–H groups in total. The van der Waals surface area contributed by atoms with E-state index >= 15 is 0 Å². The topological polar surface area (TPSA) is 48.1 Å². The third-order valence-electron chi connectivity index (χ3n) is 3.77. The second-order valence-electron chi connectivity index (χ2n) is 5.71. The van der Waals surface area contributed by atoms with Crippen LogP contribution in [-0.4, -0.2) is 31.5 Å². The average Bonchev–Trinajstić information content (AvgIpc) is 3.06. The number of aromatic amines is 1. The fourth-order valence-corrected chi connectivity index (χ4v) is 2.41. The molecule has 0 aliphatic heterocycles. The van der Waals surface area contributed by atoms with Crippen molar-refractivity contribution < 1.29 is 4.79 Å². The maximum absolute atomic E-state index is 12.1. The van der Waals surface area contributed by atoms with Gasteiger partial charge in [-0.15, -0.1) is 0 Å². The molecule has 3 aromatic rings. The minimum absolute atomic E-state index is 0.115. The molecular weight excluding hydrogens is 298 g/mol. The predicted molar refractivity (Wildman–Crippen MR) is 98.3 cm³/mol. The van der Waals surface area contributed by atoms with Gasteiger partial charge >= 0.3 is 0 Å². The van der Waals surface area contributed by atoms with Gasteiger partial charge in [0.05, 0.1) is 6.54 Å². The fraction of sp³-hybridized carbons (Fsp3) is 0.150. The summed E-state index contributed by atoms with van der Waals surface area (Å²) in [6.07, 6.45) is 1.86. The lowest BCUT2D eigenvalue weighted by atomic mass is 10.1. The lowest BCUT2D eigenvalue weighted by Gasteiger charge is -2.11. The number of nitrogens with zero attached hydrogens (tertiary/aromatic N) is 1. The Morgan fingerprint density at radius 1 is 1.12 bits per heavy atom. The lowest BCUT2D eigenvalue weighted by Crippen LogP contribution is -2.23. The number of carbonyl (C=O) groups is 1. The number of benzene rings is 2. The fourth-order valence-electron chi connectivity index (χ4n) is 2.41. The second-order valence-corrected chi connectivity index (χ2v) is 5.71. The Labute approximate surface area is 141 Å². The highest BCUT2D eigenvalue weighted by Crippen LogP contribution is 2.14. The number of H-pyrrole nitrogens is 1. The maximum Gasteiger partial charge on any atom is 0.252 e. The molecule has 1 amide bonds. The van der Waals surface area contributed by atoms with Gasteiger partial charge in [0.25, 0.3) is 5.91 Å². The Balaban J connectivity index is 1.58. The monoisotopic (exact) mass is 317 g/mol. The summed E-state index contributed by atoms with van der Waals surface area (Å²) in [6, 6.07) is 15.5. The van der Waals surface area contributed by atoms with Gasteiger partial charge in [-0.05, 0) is 48.5 Å². The summed E-state index contributed by atoms with van der Waals surface area (Å²) in [4.78, 5) is 17.3. The van der Waals surface area contributed by atoms with Crippen molar-refractivity contribution in [1.29, 1.82) is 0 Å². The van der Waals surface area contributed by atoms with E-state index in [2.05, 4.69) is 22.1 Å². The van der Waals surface area contributed by atoms with Crippen molar-refractivity contribution in [2.24, 2.45) is 0 Å². The zero-order chi connectivity index (χ0) is 16.9. The van der Waals surface area contributed by atoms with Crippen LogP contribution in [0.2, 0.25) is 0 Å². The molecule has 120 valence electrons. The first-order valence-electron chi connectivity index (χ1n) is 7.75. The highest BCUT2D eigenvalue weighted by Gasteiger charge is 2.05. The highest BCUT2D eigenvalue weighted by atomic mass is 16.1. The Morgan fingerprint density at radius 2 is 1.92 bits per heavy atom. The summed E-state index contributed by atoms with van der Waals surface area (Å²) in [5.41, 5.74) is 3.73. The number of amides is 1. The van der Waals surface area contributed by atoms with E-state index in [0.717, 1.165) is 22.2 Å². The molecule has 0 unspecified atom stereocenters. The highest BCUT2D eigenvalue weighted by molar-refractivity contribution is 5.98. The van der Waals surface area contributed by atoms with Crippen LogP contribution in [0, 0.1) is 11.8 Å². The maximum atomic E-state index is 12.1. The molecule has 0 bridgehead atoms. The van der Waals surface area contributed by atoms with Gasteiger partial charge in [-0.1, -0.05) is 11.8 Å². The molecule has 24 heavy (non-hydrogen) atoms. The van der Waals surface area contributed by atoms with Gasteiger partial charge in [0, 0.05) is 48.0 Å². The van der Waals surface area contributed by atoms with Crippen LogP contribution >= 0.6 is 0 Å². The van der Waals surface area contributed by atoms with E-state index in [0.29, 0.717) is 12.1 Å². The van der Waals surface area contributed by atoms with E-state index < -0.39 is 0 Å². The van der Waals surface area contributed by atoms with Gasteiger partial charge in [0.1, 0.15) is 0 Å². The van der Waals surface area contributed by atoms with Crippen LogP contribution in [-0.2, 0) is 0 Å². The molecule has 1 heterocycles. The summed E-state index contributed by atoms with van der Waals surface area (Å²) in [5.74, 6) is 5.92. The zero-order valence-electron chi connectivity index (χ0n) is 13.8. The number of rotatable bonds is 3. The van der Waals surface area contributed by atoms with Gasteiger partial charge in [-0.25, -0.2) is 0 Å². The van der Waals surface area contributed by atoms with Crippen LogP contribution in [0.4, 0.5) is 5.69 Å². The van der Waals surface area contributed by atoms with Crippen LogP contribution in [0.5, 0.6) is 0 Å². The summed E-state index contributed by atoms with van der Waals surface area (Å²) >= 11 is 0. The van der Waals surface area contributed by atoms with E-state index in [1.54, 1.807) is 0 Å². The van der Waals surface area contributed by atoms with E-state index in [4.69, 9.17) is 0 Å². The number of hydrogen-bond acceptors (Lipinski definition) is 2. The van der Waals surface area contributed by atoms with Crippen molar-refractivity contribution in [2.75, 3.05) is 25.5 Å². The van der Waals surface area contributed by atoms with Gasteiger partial charge in [0.2, 0.25) is 0 Å². The largest absolute Gasteiger partial charge is 0.378 e. The van der Waals surface area contributed by atoms with E-state index in [-0.39, 0.29) is 5.91 Å². The summed E-state index contributed by atoms with van der Waals surface area (Å²) in [7, 11) is 4.00. The quantitative estimate of drug-likeness (QED) is 0.730. The first kappa shape index (κ1) is 15.7. The molecule has 0 saturated carbocycles. The standard InChI is InChI=1S/C20H19N3O/c1-23(2)18-8-5-15(6-9-18)4-3-12-22-20(24)17-7-10-19-16(14-17)11-13-21-19/h5-11,13-14,21H,12H2,1-2H3,(H,22,24). The van der Waals surface area contributed by atoms with Crippen molar-refractivity contribution in [3.8, 4) is 11.8 Å². The van der Waals surface area contributed by atoms with Gasteiger partial charge in [-0.3, -0.25) is 4.79 Å². The molecule has 0 saturated heterocycles. The Kier molecular flexibility index (Phi) is 4.53. The SMILES string of the molecule is CN(C)c1ccc(C#CCNC(=O)c2ccc3[nH]ccc3c2)cc1. The Morgan fingerprint density at radius 3 is 2.67 bits per heavy atom. The lowest BCUT2D eigenvalue weighted by molar-refractivity contribution is 0.0959. The molecule has 4 heteroatoms. The van der Waals surface area contributed by atoms with Crippen LogP contribution < -0.4 is 10.2 Å². The first-order chi connectivity index (χ1) is 11.6. The molecule has 4 nitrogen and oxygen atoms in total. The molecule has 0 aliphatic rings. The van der Waals surface area contributed by atoms with Crippen molar-refractivity contribution in [3.05, 3.63) is 65.9 Å². The van der Waals surface area contributed by atoms with Crippen LogP contribution in [0.25, 0.3) is 10.9 Å². The number of anilines is 1. The van der Waals surface area contributed by atoms with Crippen molar-refractivity contribution in [1.82, 2.24) is 10.3 Å². The van der Waals surface area contributed by atoms with E-state index in [1.807, 2.05) is 73.7 Å². The molecule has 3 rings (SSSR count). The minimum atomic E-state index is -0.115. The number of aromatic nitrogens is 1. The van der Waals surface area contributed by atoms with Crippen molar-refractivity contribution in [3.63, 3.8) is 0 Å². The van der Waals surface area contributed by atoms with Crippen LogP contribution in [0.15, 0.2) is 54.7 Å². The van der Waals surface area contributed by atoms with Gasteiger partial charge in [0.15, 0.2) is 0 Å². The molecule has 0 radical (unpaired) electrons. The summed E-state index contributed by atoms with van der Waals surface area (Å²) in [6.45, 7) is 0.319. The number of nitrogens with one attached hydrogen (secondary N) is 2. The van der Waals surface area contributed by atoms with E-state index in [9.17, 15) is 4.79 Å². The molecule has 1 aromatic heterocycles. The molecular formula is C20H19N3O. The van der Waals surface area contributed by atoms with E-state index in [1.165, 1.54) is 0 Å². The van der Waals surface area contributed by atoms with Crippen molar-refractivity contribution in [2.45, 2.75) is 0 Å². The molecule has 0 atom stereocenters. The van der Waals surface area contributed by atoms with Crippen LogP contribution in [0.3, 0.4) is 0 Å². The minimum Gasteiger partial charge on any atom is -0.378 e. The first-order valence-corrected chi connectivity index (χ1v) is 7.75. The normalized spacial score (nSPS) is 10.1. The number of fused-ring (bicyclic) bond motifs is 1. The average molecular weight is 317 g/mol. The Hall–Kier alpha value is -3.19. The van der Waals surface area contributed by atoms with Crippen LogP contribution in [0.1, 0.15) is 15.9 Å². The van der Waals surface area contributed by atoms with Crippen molar-refractivity contribution >= 4 is 22.5 Å². The zero-order valence-corrected chi connectivity index (χ0v) is 13.8. The van der Waals surface area contributed by atoms with Gasteiger partial charge < -0.3 is 15.2 Å². The molecule has 0 aliphatic carbocycles. The summed E-state index contributed by atoms with van der Waals surface area (Å²) < 4.78 is 0. The third-order valence-corrected chi connectivity index (χ3v) is 3.77. The number of hydrogen-bond donors (Lipinski definition) is 2. The summed E-state index contributed by atoms with van der Waals surface area (Å²) in [5, 5.41) is 3.85. The molecule has 0 fully saturated rings. The Bertz CT molecular complexity index is 911. The smallest absolute Gasteiger partial charge is 0.252 e. The number of carbonyl (C=O) groups excluding carboxylic acids is 1. The van der Waals surface area contributed by atoms with Gasteiger partial charge in [-0.2, -0.15) is 0 Å². The molecule has 0 spiro atoms. The predicted octanol–water partition coefficient (Wildman–Crippen LogP) is 3.02. The third kappa shape index (κ3) is 3.58.